The molecule has 0 spiro atoms. The minimum atomic E-state index is 0.672. The molecule has 0 heterocycles. The molecular formula is C14H22N2O. The second-order valence-electron chi connectivity index (χ2n) is 4.76. The maximum atomic E-state index is 5.85. The second kappa shape index (κ2) is 5.80. The fourth-order valence-electron chi connectivity index (χ4n) is 2.45. The minimum absolute atomic E-state index is 0.672. The monoisotopic (exact) mass is 234 g/mol. The molecule has 0 unspecified atom stereocenters. The zero-order valence-electron chi connectivity index (χ0n) is 10.5. The lowest BCUT2D eigenvalue weighted by molar-refractivity contribution is 0.340. The average molecular weight is 234 g/mol. The van der Waals surface area contributed by atoms with Gasteiger partial charge < -0.3 is 15.8 Å². The number of benzene rings is 1. The maximum Gasteiger partial charge on any atom is 0.123 e. The van der Waals surface area contributed by atoms with Gasteiger partial charge >= 0.3 is 0 Å². The summed E-state index contributed by atoms with van der Waals surface area (Å²) >= 11 is 0. The summed E-state index contributed by atoms with van der Waals surface area (Å²) in [6.45, 7) is 3.70. The topological polar surface area (TPSA) is 47.3 Å². The van der Waals surface area contributed by atoms with Crippen LogP contribution in [-0.2, 0) is 0 Å². The van der Waals surface area contributed by atoms with Crippen LogP contribution in [0.15, 0.2) is 18.2 Å². The highest BCUT2D eigenvalue weighted by molar-refractivity contribution is 5.59. The predicted octanol–water partition coefficient (Wildman–Crippen LogP) is 3.27. The molecule has 3 nitrogen and oxygen atoms in total. The molecule has 1 aromatic carbocycles. The molecule has 3 heteroatoms. The average Bonchev–Trinajstić information content (AvgIpc) is 2.79. The van der Waals surface area contributed by atoms with Crippen molar-refractivity contribution in [1.29, 1.82) is 0 Å². The summed E-state index contributed by atoms with van der Waals surface area (Å²) in [5.74, 6) is 1.67. The van der Waals surface area contributed by atoms with Gasteiger partial charge in [0.2, 0.25) is 0 Å². The van der Waals surface area contributed by atoms with E-state index in [0.717, 1.165) is 29.6 Å². The highest BCUT2D eigenvalue weighted by Gasteiger charge is 2.14. The minimum Gasteiger partial charge on any atom is -0.494 e. The quantitative estimate of drug-likeness (QED) is 0.769. The van der Waals surface area contributed by atoms with Crippen molar-refractivity contribution in [3.8, 4) is 5.75 Å². The van der Waals surface area contributed by atoms with E-state index in [-0.39, 0.29) is 0 Å². The number of rotatable bonds is 5. The lowest BCUT2D eigenvalue weighted by atomic mass is 10.1. The zero-order chi connectivity index (χ0) is 12.1. The van der Waals surface area contributed by atoms with Gasteiger partial charge in [-0.2, -0.15) is 0 Å². The summed E-state index contributed by atoms with van der Waals surface area (Å²) in [7, 11) is 0. The summed E-state index contributed by atoms with van der Waals surface area (Å²) in [4.78, 5) is 0. The Morgan fingerprint density at radius 3 is 2.76 bits per heavy atom. The van der Waals surface area contributed by atoms with Crippen LogP contribution in [0.4, 0.5) is 11.4 Å². The molecule has 17 heavy (non-hydrogen) atoms. The number of hydrogen-bond acceptors (Lipinski definition) is 3. The van der Waals surface area contributed by atoms with E-state index in [9.17, 15) is 0 Å². The Morgan fingerprint density at radius 1 is 1.29 bits per heavy atom. The Balaban J connectivity index is 1.94. The Kier molecular flexibility index (Phi) is 4.13. The number of anilines is 2. The van der Waals surface area contributed by atoms with Gasteiger partial charge in [-0.15, -0.1) is 0 Å². The lowest BCUT2D eigenvalue weighted by Gasteiger charge is -2.13. The van der Waals surface area contributed by atoms with Crippen LogP contribution in [-0.4, -0.2) is 13.2 Å². The molecule has 0 atom stereocenters. The first-order valence-electron chi connectivity index (χ1n) is 6.55. The van der Waals surface area contributed by atoms with Crippen LogP contribution in [0.25, 0.3) is 0 Å². The third-order valence-corrected chi connectivity index (χ3v) is 3.31. The molecule has 1 saturated carbocycles. The molecule has 0 saturated heterocycles. The first-order valence-corrected chi connectivity index (χ1v) is 6.55. The molecule has 1 fully saturated rings. The van der Waals surface area contributed by atoms with E-state index in [2.05, 4.69) is 5.32 Å². The molecular weight excluding hydrogens is 212 g/mol. The van der Waals surface area contributed by atoms with Crippen molar-refractivity contribution in [2.45, 2.75) is 32.6 Å². The molecule has 1 aliphatic rings. The Morgan fingerprint density at radius 2 is 2.06 bits per heavy atom. The van der Waals surface area contributed by atoms with Gasteiger partial charge in [0.05, 0.1) is 6.61 Å². The van der Waals surface area contributed by atoms with Crippen molar-refractivity contribution in [3.63, 3.8) is 0 Å². The highest BCUT2D eigenvalue weighted by Crippen LogP contribution is 2.27. The molecule has 2 rings (SSSR count). The summed E-state index contributed by atoms with van der Waals surface area (Å²) in [6, 6.07) is 5.86. The SMILES string of the molecule is CCOc1cc(N)cc(NCC2CCCC2)c1. The molecule has 0 bridgehead atoms. The van der Waals surface area contributed by atoms with E-state index in [0.29, 0.717) is 6.61 Å². The van der Waals surface area contributed by atoms with E-state index in [1.54, 1.807) is 0 Å². The van der Waals surface area contributed by atoms with Crippen molar-refractivity contribution >= 4 is 11.4 Å². The first-order chi connectivity index (χ1) is 8.28. The van der Waals surface area contributed by atoms with Gasteiger partial charge in [-0.25, -0.2) is 0 Å². The Labute approximate surface area is 103 Å². The van der Waals surface area contributed by atoms with Crippen LogP contribution >= 0.6 is 0 Å². The molecule has 0 aromatic heterocycles. The zero-order valence-corrected chi connectivity index (χ0v) is 10.5. The largest absolute Gasteiger partial charge is 0.494 e. The molecule has 0 radical (unpaired) electrons. The highest BCUT2D eigenvalue weighted by atomic mass is 16.5. The fraction of sp³-hybridized carbons (Fsp3) is 0.571. The van der Waals surface area contributed by atoms with Gasteiger partial charge in [-0.1, -0.05) is 12.8 Å². The third kappa shape index (κ3) is 3.55. The number of nitrogen functional groups attached to an aromatic ring is 1. The molecule has 1 aliphatic carbocycles. The smallest absolute Gasteiger partial charge is 0.123 e. The van der Waals surface area contributed by atoms with Gasteiger partial charge in [-0.3, -0.25) is 0 Å². The van der Waals surface area contributed by atoms with E-state index in [4.69, 9.17) is 10.5 Å². The normalized spacial score (nSPS) is 16.1. The number of nitrogens with two attached hydrogens (primary N) is 1. The van der Waals surface area contributed by atoms with Crippen molar-refractivity contribution < 1.29 is 4.74 Å². The van der Waals surface area contributed by atoms with Crippen LogP contribution in [0, 0.1) is 5.92 Å². The summed E-state index contributed by atoms with van der Waals surface area (Å²) in [5, 5.41) is 3.47. The molecule has 0 aliphatic heterocycles. The van der Waals surface area contributed by atoms with Crippen LogP contribution in [0.3, 0.4) is 0 Å². The van der Waals surface area contributed by atoms with Crippen LogP contribution in [0.5, 0.6) is 5.75 Å². The number of ether oxygens (including phenoxy) is 1. The molecule has 1 aromatic rings. The summed E-state index contributed by atoms with van der Waals surface area (Å²) in [6.07, 6.45) is 5.47. The molecule has 0 amide bonds. The van der Waals surface area contributed by atoms with Gasteiger partial charge in [0, 0.05) is 30.1 Å². The van der Waals surface area contributed by atoms with E-state index in [1.807, 2.05) is 25.1 Å². The standard InChI is InChI=1S/C14H22N2O/c1-2-17-14-8-12(15)7-13(9-14)16-10-11-5-3-4-6-11/h7-9,11,16H,2-6,10,15H2,1H3. The van der Waals surface area contributed by atoms with Gasteiger partial charge in [-0.05, 0) is 31.7 Å². The van der Waals surface area contributed by atoms with E-state index < -0.39 is 0 Å². The van der Waals surface area contributed by atoms with Crippen LogP contribution < -0.4 is 15.8 Å². The number of hydrogen-bond donors (Lipinski definition) is 2. The van der Waals surface area contributed by atoms with Gasteiger partial charge in [0.15, 0.2) is 0 Å². The second-order valence-corrected chi connectivity index (χ2v) is 4.76. The van der Waals surface area contributed by atoms with Crippen molar-refractivity contribution in [2.75, 3.05) is 24.2 Å². The van der Waals surface area contributed by atoms with Crippen molar-refractivity contribution in [1.82, 2.24) is 0 Å². The number of nitrogens with one attached hydrogen (secondary N) is 1. The van der Waals surface area contributed by atoms with Gasteiger partial charge in [0.25, 0.3) is 0 Å². The molecule has 3 N–H and O–H groups in total. The fourth-order valence-corrected chi connectivity index (χ4v) is 2.45. The Bertz CT molecular complexity index is 359. The van der Waals surface area contributed by atoms with Crippen LogP contribution in [0.1, 0.15) is 32.6 Å². The molecule has 94 valence electrons. The third-order valence-electron chi connectivity index (χ3n) is 3.31. The maximum absolute atomic E-state index is 5.85. The predicted molar refractivity (Wildman–Crippen MR) is 72.5 cm³/mol. The van der Waals surface area contributed by atoms with E-state index >= 15 is 0 Å². The summed E-state index contributed by atoms with van der Waals surface area (Å²) < 4.78 is 5.48. The lowest BCUT2D eigenvalue weighted by Crippen LogP contribution is -2.11. The van der Waals surface area contributed by atoms with Crippen LogP contribution in [0.2, 0.25) is 0 Å². The van der Waals surface area contributed by atoms with Crippen molar-refractivity contribution in [3.05, 3.63) is 18.2 Å². The van der Waals surface area contributed by atoms with Gasteiger partial charge in [0.1, 0.15) is 5.75 Å². The first kappa shape index (κ1) is 12.1. The Hall–Kier alpha value is -1.38. The van der Waals surface area contributed by atoms with Crippen molar-refractivity contribution in [2.24, 2.45) is 5.92 Å². The van der Waals surface area contributed by atoms with E-state index in [1.165, 1.54) is 25.7 Å². The summed E-state index contributed by atoms with van der Waals surface area (Å²) in [5.41, 5.74) is 7.68.